The minimum absolute atomic E-state index is 0.470. The van der Waals surface area contributed by atoms with E-state index in [1.54, 1.807) is 0 Å². The summed E-state index contributed by atoms with van der Waals surface area (Å²) >= 11 is 0. The number of nitrogens with two attached hydrogens (primary N) is 1. The van der Waals surface area contributed by atoms with Gasteiger partial charge in [-0.15, -0.1) is 0 Å². The van der Waals surface area contributed by atoms with E-state index in [0.29, 0.717) is 0 Å². The van der Waals surface area contributed by atoms with E-state index in [4.69, 9.17) is 20.7 Å². The molecule has 1 heterocycles. The average molecular weight is 283 g/mol. The third-order valence-electron chi connectivity index (χ3n) is 2.98. The van der Waals surface area contributed by atoms with Gasteiger partial charge in [0.25, 0.3) is 0 Å². The summed E-state index contributed by atoms with van der Waals surface area (Å²) in [4.78, 5) is 0. The molecule has 5 atom stereocenters. The molecule has 6 N–H and O–H groups in total. The van der Waals surface area contributed by atoms with Crippen molar-refractivity contribution in [2.45, 2.75) is 30.6 Å². The number of aliphatic hydroxyl groups is 4. The Labute approximate surface area is 117 Å². The minimum atomic E-state index is -1.35. The van der Waals surface area contributed by atoms with E-state index in [2.05, 4.69) is 6.58 Å². The summed E-state index contributed by atoms with van der Waals surface area (Å²) in [5.74, 6) is 0. The normalized spacial score (nSPS) is 33.0. The topological polar surface area (TPSA) is 116 Å². The second kappa shape index (κ2) is 8.11. The van der Waals surface area contributed by atoms with Gasteiger partial charge in [0.15, 0.2) is 6.29 Å². The van der Waals surface area contributed by atoms with E-state index in [1.807, 2.05) is 36.4 Å². The largest absolute Gasteiger partial charge is 0.394 e. The predicted molar refractivity (Wildman–Crippen MR) is 74.5 cm³/mol. The van der Waals surface area contributed by atoms with Crippen LogP contribution in [0.5, 0.6) is 0 Å². The van der Waals surface area contributed by atoms with Crippen LogP contribution in [0.25, 0.3) is 6.08 Å². The summed E-state index contributed by atoms with van der Waals surface area (Å²) in [6.45, 7) is 3.16. The number of hydrogen-bond donors (Lipinski definition) is 5. The van der Waals surface area contributed by atoms with Gasteiger partial charge in [0, 0.05) is 0 Å². The lowest BCUT2D eigenvalue weighted by Crippen LogP contribution is -2.61. The Hall–Kier alpha value is -1.28. The van der Waals surface area contributed by atoms with Crippen LogP contribution >= 0.6 is 0 Å². The fraction of sp³-hybridized carbons (Fsp3) is 0.429. The van der Waals surface area contributed by atoms with Crippen molar-refractivity contribution >= 4 is 6.08 Å². The van der Waals surface area contributed by atoms with E-state index >= 15 is 0 Å². The Morgan fingerprint density at radius 1 is 1.15 bits per heavy atom. The molecule has 0 spiro atoms. The zero-order valence-corrected chi connectivity index (χ0v) is 11.0. The van der Waals surface area contributed by atoms with E-state index in [9.17, 15) is 10.2 Å². The maximum absolute atomic E-state index is 9.20. The lowest BCUT2D eigenvalue weighted by atomic mass is 9.98. The quantitative estimate of drug-likeness (QED) is 0.479. The molecule has 0 aromatic heterocycles. The van der Waals surface area contributed by atoms with Gasteiger partial charge in [-0.1, -0.05) is 43.0 Å². The van der Waals surface area contributed by atoms with Gasteiger partial charge in [-0.2, -0.15) is 0 Å². The Bertz CT molecular complexity index is 395. The van der Waals surface area contributed by atoms with Crippen LogP contribution in [0.4, 0.5) is 0 Å². The maximum atomic E-state index is 9.20. The molecule has 1 saturated heterocycles. The van der Waals surface area contributed by atoms with Gasteiger partial charge < -0.3 is 30.9 Å². The molecule has 2 rings (SSSR count). The SMILES string of the molecule is C=Cc1ccccc1.N[C@H]1C(O)O[C@H](CO)[C@@H](O)[C@@H]1O. The van der Waals surface area contributed by atoms with Crippen LogP contribution in [0, 0.1) is 0 Å². The van der Waals surface area contributed by atoms with Crippen molar-refractivity contribution in [3.63, 3.8) is 0 Å². The molecule has 6 heteroatoms. The molecule has 1 aliphatic rings. The number of benzene rings is 1. The van der Waals surface area contributed by atoms with Gasteiger partial charge >= 0.3 is 0 Å². The maximum Gasteiger partial charge on any atom is 0.173 e. The summed E-state index contributed by atoms with van der Waals surface area (Å²) in [6, 6.07) is 8.99. The smallest absolute Gasteiger partial charge is 0.173 e. The summed E-state index contributed by atoms with van der Waals surface area (Å²) in [7, 11) is 0. The molecule has 0 amide bonds. The highest BCUT2D eigenvalue weighted by Gasteiger charge is 2.41. The average Bonchev–Trinajstić information content (AvgIpc) is 2.50. The highest BCUT2D eigenvalue weighted by molar-refractivity contribution is 5.45. The minimum Gasteiger partial charge on any atom is -0.394 e. The van der Waals surface area contributed by atoms with E-state index in [0.717, 1.165) is 0 Å². The molecule has 0 saturated carbocycles. The fourth-order valence-electron chi connectivity index (χ4n) is 1.71. The van der Waals surface area contributed by atoms with Crippen molar-refractivity contribution in [3.8, 4) is 0 Å². The summed E-state index contributed by atoms with van der Waals surface area (Å²) in [5.41, 5.74) is 6.44. The van der Waals surface area contributed by atoms with Crippen molar-refractivity contribution in [3.05, 3.63) is 42.5 Å². The second-order valence-electron chi connectivity index (χ2n) is 4.42. The Morgan fingerprint density at radius 3 is 2.20 bits per heavy atom. The van der Waals surface area contributed by atoms with Gasteiger partial charge in [0.2, 0.25) is 0 Å². The third kappa shape index (κ3) is 4.38. The van der Waals surface area contributed by atoms with Gasteiger partial charge in [0.05, 0.1) is 12.6 Å². The van der Waals surface area contributed by atoms with Crippen molar-refractivity contribution in [1.29, 1.82) is 0 Å². The van der Waals surface area contributed by atoms with Crippen molar-refractivity contribution in [2.75, 3.05) is 6.61 Å². The molecular weight excluding hydrogens is 262 g/mol. The van der Waals surface area contributed by atoms with Crippen LogP contribution in [0.1, 0.15) is 5.56 Å². The predicted octanol–water partition coefficient (Wildman–Crippen LogP) is -0.925. The third-order valence-corrected chi connectivity index (χ3v) is 2.98. The second-order valence-corrected chi connectivity index (χ2v) is 4.42. The van der Waals surface area contributed by atoms with E-state index in [-0.39, 0.29) is 0 Å². The first kappa shape index (κ1) is 16.8. The van der Waals surface area contributed by atoms with Crippen molar-refractivity contribution in [2.24, 2.45) is 5.73 Å². The Kier molecular flexibility index (Phi) is 6.80. The molecule has 1 aliphatic heterocycles. The molecular formula is C14H21NO5. The molecule has 1 aromatic carbocycles. The van der Waals surface area contributed by atoms with Crippen LogP contribution in [0.2, 0.25) is 0 Å². The van der Waals surface area contributed by atoms with Crippen LogP contribution in [-0.2, 0) is 4.74 Å². The molecule has 1 fully saturated rings. The molecule has 1 aromatic rings. The Morgan fingerprint density at radius 2 is 1.75 bits per heavy atom. The molecule has 112 valence electrons. The standard InChI is InChI=1S/C8H8.C6H13NO5/c1-2-8-6-4-3-5-7-8;7-3-5(10)4(9)2(1-8)12-6(3)11/h2-7H,1H2;2-6,8-11H,1,7H2/t;2-,3-,4-,5-,6?/m.1/s1. The first-order chi connectivity index (χ1) is 9.51. The molecule has 0 bridgehead atoms. The molecule has 1 unspecified atom stereocenters. The van der Waals surface area contributed by atoms with Crippen LogP contribution in [0.15, 0.2) is 36.9 Å². The van der Waals surface area contributed by atoms with Crippen LogP contribution in [0.3, 0.4) is 0 Å². The Balaban J connectivity index is 0.000000217. The molecule has 20 heavy (non-hydrogen) atoms. The van der Waals surface area contributed by atoms with E-state index in [1.165, 1.54) is 5.56 Å². The lowest BCUT2D eigenvalue weighted by molar-refractivity contribution is -0.248. The molecule has 0 radical (unpaired) electrons. The van der Waals surface area contributed by atoms with Crippen molar-refractivity contribution < 1.29 is 25.2 Å². The first-order valence-electron chi connectivity index (χ1n) is 6.24. The summed E-state index contributed by atoms with van der Waals surface area (Å²) in [5, 5.41) is 36.1. The van der Waals surface area contributed by atoms with Gasteiger partial charge in [-0.3, -0.25) is 0 Å². The zero-order chi connectivity index (χ0) is 15.1. The van der Waals surface area contributed by atoms with Crippen molar-refractivity contribution in [1.82, 2.24) is 0 Å². The van der Waals surface area contributed by atoms with Crippen LogP contribution in [-0.4, -0.2) is 57.7 Å². The fourth-order valence-corrected chi connectivity index (χ4v) is 1.71. The number of ether oxygens (including phenoxy) is 1. The molecule has 6 nitrogen and oxygen atoms in total. The number of rotatable bonds is 2. The highest BCUT2D eigenvalue weighted by Crippen LogP contribution is 2.17. The first-order valence-corrected chi connectivity index (χ1v) is 6.24. The monoisotopic (exact) mass is 283 g/mol. The summed E-state index contributed by atoms with van der Waals surface area (Å²) in [6.07, 6.45) is -3.02. The van der Waals surface area contributed by atoms with E-state index < -0.39 is 37.3 Å². The van der Waals surface area contributed by atoms with Gasteiger partial charge in [0.1, 0.15) is 18.3 Å². The summed E-state index contributed by atoms with van der Waals surface area (Å²) < 4.78 is 4.70. The number of aliphatic hydroxyl groups excluding tert-OH is 4. The zero-order valence-electron chi connectivity index (χ0n) is 11.0. The molecule has 0 aliphatic carbocycles. The lowest BCUT2D eigenvalue weighted by Gasteiger charge is -2.38. The van der Waals surface area contributed by atoms with Gasteiger partial charge in [-0.25, -0.2) is 0 Å². The number of hydrogen-bond acceptors (Lipinski definition) is 6. The highest BCUT2D eigenvalue weighted by atomic mass is 16.6. The van der Waals surface area contributed by atoms with Crippen LogP contribution < -0.4 is 5.73 Å². The van der Waals surface area contributed by atoms with Gasteiger partial charge in [-0.05, 0) is 5.56 Å².